The Labute approximate surface area is 98.3 Å². The minimum atomic E-state index is 0.304. The molecule has 6 heteroatoms. The standard InChI is InChI=1S/C10H12ClN5/c1-5(2)8-6(3)13-10(14-9(8)11)7-4-12-16-15-7/h4-5H,1-3H3,(H,12,15,16). The van der Waals surface area contributed by atoms with Gasteiger partial charge in [-0.3, -0.25) is 0 Å². The van der Waals surface area contributed by atoms with E-state index in [1.165, 1.54) is 0 Å². The Morgan fingerprint density at radius 2 is 2.06 bits per heavy atom. The number of aromatic amines is 1. The SMILES string of the molecule is Cc1nc(-c2cn[nH]n2)nc(Cl)c1C(C)C. The maximum absolute atomic E-state index is 6.14. The van der Waals surface area contributed by atoms with Gasteiger partial charge in [0.25, 0.3) is 0 Å². The lowest BCUT2D eigenvalue weighted by Crippen LogP contribution is -2.02. The van der Waals surface area contributed by atoms with E-state index in [2.05, 4.69) is 39.2 Å². The summed E-state index contributed by atoms with van der Waals surface area (Å²) in [4.78, 5) is 8.61. The normalized spacial score (nSPS) is 11.1. The van der Waals surface area contributed by atoms with Crippen LogP contribution in [0.1, 0.15) is 31.0 Å². The third-order valence-corrected chi connectivity index (χ3v) is 2.60. The van der Waals surface area contributed by atoms with E-state index in [1.807, 2.05) is 6.92 Å². The van der Waals surface area contributed by atoms with Crippen molar-refractivity contribution >= 4 is 11.6 Å². The second-order valence-corrected chi connectivity index (χ2v) is 4.21. The molecule has 0 saturated heterocycles. The molecular weight excluding hydrogens is 226 g/mol. The number of H-pyrrole nitrogens is 1. The first-order valence-electron chi connectivity index (χ1n) is 4.99. The van der Waals surface area contributed by atoms with Crippen molar-refractivity contribution in [1.82, 2.24) is 25.4 Å². The molecule has 0 atom stereocenters. The Bertz CT molecular complexity index is 469. The molecule has 0 aliphatic rings. The first-order chi connectivity index (χ1) is 7.59. The van der Waals surface area contributed by atoms with E-state index < -0.39 is 0 Å². The fourth-order valence-electron chi connectivity index (χ4n) is 1.63. The summed E-state index contributed by atoms with van der Waals surface area (Å²) in [6.07, 6.45) is 1.57. The molecule has 2 rings (SSSR count). The van der Waals surface area contributed by atoms with Crippen LogP contribution < -0.4 is 0 Å². The molecule has 5 nitrogen and oxygen atoms in total. The van der Waals surface area contributed by atoms with Crippen LogP contribution in [0.15, 0.2) is 6.20 Å². The van der Waals surface area contributed by atoms with Crippen molar-refractivity contribution < 1.29 is 0 Å². The number of halogens is 1. The van der Waals surface area contributed by atoms with E-state index in [9.17, 15) is 0 Å². The van der Waals surface area contributed by atoms with Crippen LogP contribution in [0.2, 0.25) is 5.15 Å². The van der Waals surface area contributed by atoms with Gasteiger partial charge in [-0.1, -0.05) is 25.4 Å². The van der Waals surface area contributed by atoms with Gasteiger partial charge in [0.2, 0.25) is 0 Å². The highest BCUT2D eigenvalue weighted by Crippen LogP contribution is 2.26. The molecule has 2 aromatic heterocycles. The van der Waals surface area contributed by atoms with E-state index in [0.29, 0.717) is 22.6 Å². The van der Waals surface area contributed by atoms with Crippen molar-refractivity contribution in [3.8, 4) is 11.5 Å². The molecule has 0 spiro atoms. The van der Waals surface area contributed by atoms with E-state index in [1.54, 1.807) is 6.20 Å². The van der Waals surface area contributed by atoms with Gasteiger partial charge >= 0.3 is 0 Å². The molecule has 0 aliphatic heterocycles. The highest BCUT2D eigenvalue weighted by molar-refractivity contribution is 6.30. The van der Waals surface area contributed by atoms with Crippen LogP contribution in [0.3, 0.4) is 0 Å². The number of rotatable bonds is 2. The maximum atomic E-state index is 6.14. The topological polar surface area (TPSA) is 67.3 Å². The largest absolute Gasteiger partial charge is 0.232 e. The number of nitrogens with zero attached hydrogens (tertiary/aromatic N) is 4. The summed E-state index contributed by atoms with van der Waals surface area (Å²) in [7, 11) is 0. The molecule has 16 heavy (non-hydrogen) atoms. The summed E-state index contributed by atoms with van der Waals surface area (Å²) in [5.41, 5.74) is 2.46. The van der Waals surface area contributed by atoms with Crippen LogP contribution in [0.25, 0.3) is 11.5 Å². The summed E-state index contributed by atoms with van der Waals surface area (Å²) >= 11 is 6.14. The molecule has 0 fully saturated rings. The molecule has 2 aromatic rings. The molecule has 0 amide bonds. The van der Waals surface area contributed by atoms with Gasteiger partial charge in [-0.25, -0.2) is 9.97 Å². The van der Waals surface area contributed by atoms with Crippen LogP contribution in [0.4, 0.5) is 0 Å². The Balaban J connectivity index is 2.53. The number of nitrogens with one attached hydrogen (secondary N) is 1. The lowest BCUT2D eigenvalue weighted by atomic mass is 10.0. The Kier molecular flexibility index (Phi) is 2.87. The molecule has 0 aliphatic carbocycles. The third kappa shape index (κ3) is 1.90. The van der Waals surface area contributed by atoms with Crippen molar-refractivity contribution in [3.05, 3.63) is 22.6 Å². The lowest BCUT2D eigenvalue weighted by Gasteiger charge is -2.11. The number of hydrogen-bond acceptors (Lipinski definition) is 4. The molecule has 1 N–H and O–H groups in total. The number of aryl methyl sites for hydroxylation is 1. The average Bonchev–Trinajstić information content (AvgIpc) is 2.67. The highest BCUT2D eigenvalue weighted by Gasteiger charge is 2.14. The molecule has 2 heterocycles. The molecule has 0 aromatic carbocycles. The Hall–Kier alpha value is -1.49. The van der Waals surface area contributed by atoms with E-state index >= 15 is 0 Å². The quantitative estimate of drug-likeness (QED) is 0.815. The van der Waals surface area contributed by atoms with Crippen LogP contribution in [0.5, 0.6) is 0 Å². The minimum Gasteiger partial charge on any atom is -0.232 e. The van der Waals surface area contributed by atoms with Crippen molar-refractivity contribution in [2.24, 2.45) is 0 Å². The predicted molar refractivity (Wildman–Crippen MR) is 61.2 cm³/mol. The zero-order valence-corrected chi connectivity index (χ0v) is 10.1. The molecule has 0 saturated carbocycles. The molecular formula is C10H12ClN5. The second kappa shape index (κ2) is 4.17. The van der Waals surface area contributed by atoms with Crippen LogP contribution in [-0.2, 0) is 0 Å². The van der Waals surface area contributed by atoms with Gasteiger partial charge in [-0.05, 0) is 12.8 Å². The van der Waals surface area contributed by atoms with E-state index in [4.69, 9.17) is 11.6 Å². The summed E-state index contributed by atoms with van der Waals surface area (Å²) in [6, 6.07) is 0. The van der Waals surface area contributed by atoms with Gasteiger partial charge in [-0.2, -0.15) is 15.4 Å². The first kappa shape index (κ1) is 11.0. The Morgan fingerprint density at radius 3 is 2.56 bits per heavy atom. The third-order valence-electron chi connectivity index (χ3n) is 2.31. The summed E-state index contributed by atoms with van der Waals surface area (Å²) < 4.78 is 0. The highest BCUT2D eigenvalue weighted by atomic mass is 35.5. The smallest absolute Gasteiger partial charge is 0.183 e. The Morgan fingerprint density at radius 1 is 1.31 bits per heavy atom. The van der Waals surface area contributed by atoms with Crippen molar-refractivity contribution in [2.45, 2.75) is 26.7 Å². The zero-order valence-electron chi connectivity index (χ0n) is 9.32. The predicted octanol–water partition coefficient (Wildman–Crippen LogP) is 2.35. The molecule has 0 bridgehead atoms. The molecule has 0 radical (unpaired) electrons. The monoisotopic (exact) mass is 237 g/mol. The van der Waals surface area contributed by atoms with Crippen molar-refractivity contribution in [1.29, 1.82) is 0 Å². The van der Waals surface area contributed by atoms with E-state index in [0.717, 1.165) is 11.3 Å². The molecule has 84 valence electrons. The van der Waals surface area contributed by atoms with E-state index in [-0.39, 0.29) is 0 Å². The van der Waals surface area contributed by atoms with Crippen molar-refractivity contribution in [2.75, 3.05) is 0 Å². The summed E-state index contributed by atoms with van der Waals surface area (Å²) in [5, 5.41) is 10.6. The summed E-state index contributed by atoms with van der Waals surface area (Å²) in [6.45, 7) is 6.05. The molecule has 0 unspecified atom stereocenters. The maximum Gasteiger partial charge on any atom is 0.183 e. The van der Waals surface area contributed by atoms with Gasteiger partial charge in [0.15, 0.2) is 5.82 Å². The van der Waals surface area contributed by atoms with Crippen molar-refractivity contribution in [3.63, 3.8) is 0 Å². The fourth-order valence-corrected chi connectivity index (χ4v) is 2.06. The number of hydrogen-bond donors (Lipinski definition) is 1. The van der Waals surface area contributed by atoms with Gasteiger partial charge in [0, 0.05) is 11.3 Å². The van der Waals surface area contributed by atoms with Crippen LogP contribution >= 0.6 is 11.6 Å². The van der Waals surface area contributed by atoms with Gasteiger partial charge in [-0.15, -0.1) is 0 Å². The fraction of sp³-hybridized carbons (Fsp3) is 0.400. The average molecular weight is 238 g/mol. The van der Waals surface area contributed by atoms with Gasteiger partial charge in [0.1, 0.15) is 10.8 Å². The summed E-state index contributed by atoms with van der Waals surface area (Å²) in [5.74, 6) is 0.805. The van der Waals surface area contributed by atoms with Crippen LogP contribution in [-0.4, -0.2) is 25.4 Å². The first-order valence-corrected chi connectivity index (χ1v) is 5.37. The van der Waals surface area contributed by atoms with Gasteiger partial charge < -0.3 is 0 Å². The van der Waals surface area contributed by atoms with Crippen LogP contribution in [0, 0.1) is 6.92 Å². The second-order valence-electron chi connectivity index (χ2n) is 3.85. The minimum absolute atomic E-state index is 0.304. The van der Waals surface area contributed by atoms with Gasteiger partial charge in [0.05, 0.1) is 6.20 Å². The number of aromatic nitrogens is 5. The lowest BCUT2D eigenvalue weighted by molar-refractivity contribution is 0.830. The zero-order chi connectivity index (χ0) is 11.7.